The highest BCUT2D eigenvalue weighted by molar-refractivity contribution is 5.99. The van der Waals surface area contributed by atoms with Gasteiger partial charge >= 0.3 is 5.97 Å². The highest BCUT2D eigenvalue weighted by Crippen LogP contribution is 2.72. The van der Waals surface area contributed by atoms with Crippen molar-refractivity contribution in [2.75, 3.05) is 19.5 Å². The van der Waals surface area contributed by atoms with Gasteiger partial charge in [0, 0.05) is 11.6 Å². The molecule has 3 fully saturated rings. The first-order valence-electron chi connectivity index (χ1n) is 13.8. The van der Waals surface area contributed by atoms with Gasteiger partial charge < -0.3 is 29.8 Å². The maximum absolute atomic E-state index is 14.8. The molecular formula is C31H39NO7. The Balaban J connectivity index is 1.52. The number of nitrogen functional groups attached to an aromatic ring is 1. The lowest BCUT2D eigenvalue weighted by molar-refractivity contribution is -0.302. The number of allylic oxidation sites excluding steroid dienone is 1. The van der Waals surface area contributed by atoms with E-state index in [0.717, 1.165) is 6.42 Å². The fourth-order valence-electron chi connectivity index (χ4n) is 8.40. The van der Waals surface area contributed by atoms with Crippen LogP contribution in [0.2, 0.25) is 0 Å². The lowest BCUT2D eigenvalue weighted by atomic mass is 9.59. The minimum Gasteiger partial charge on any atom is -0.496 e. The van der Waals surface area contributed by atoms with Crippen LogP contribution < -0.4 is 10.5 Å². The monoisotopic (exact) mass is 537 g/mol. The predicted octanol–water partition coefficient (Wildman–Crippen LogP) is 4.07. The van der Waals surface area contributed by atoms with Crippen LogP contribution in [0.5, 0.6) is 5.75 Å². The van der Waals surface area contributed by atoms with Crippen molar-refractivity contribution in [2.45, 2.75) is 71.6 Å². The Kier molecular flexibility index (Phi) is 5.57. The van der Waals surface area contributed by atoms with Gasteiger partial charge in [-0.2, -0.15) is 0 Å². The van der Waals surface area contributed by atoms with Gasteiger partial charge in [-0.05, 0) is 73.6 Å². The number of fused-ring (bicyclic) bond motifs is 5. The first-order chi connectivity index (χ1) is 18.2. The zero-order valence-corrected chi connectivity index (χ0v) is 23.7. The molecule has 3 N–H and O–H groups in total. The van der Waals surface area contributed by atoms with Crippen LogP contribution in [0.4, 0.5) is 5.69 Å². The van der Waals surface area contributed by atoms with E-state index >= 15 is 0 Å². The molecule has 0 radical (unpaired) electrons. The second-order valence-electron chi connectivity index (χ2n) is 13.2. The number of rotatable bonds is 3. The van der Waals surface area contributed by atoms with E-state index in [0.29, 0.717) is 17.1 Å². The molecule has 0 amide bonds. The highest BCUT2D eigenvalue weighted by Gasteiger charge is 2.77. The minimum absolute atomic E-state index is 0.0193. The van der Waals surface area contributed by atoms with Crippen molar-refractivity contribution in [3.8, 4) is 5.75 Å². The van der Waals surface area contributed by atoms with Crippen molar-refractivity contribution in [3.05, 3.63) is 47.1 Å². The summed E-state index contributed by atoms with van der Waals surface area (Å²) < 4.78 is 24.1. The number of methoxy groups -OCH3 is 1. The van der Waals surface area contributed by atoms with Crippen LogP contribution in [0, 0.1) is 34.5 Å². The summed E-state index contributed by atoms with van der Waals surface area (Å²) in [6.45, 7) is 12.1. The molecule has 1 saturated heterocycles. The fourth-order valence-corrected chi connectivity index (χ4v) is 8.40. The first kappa shape index (κ1) is 26.5. The van der Waals surface area contributed by atoms with Crippen LogP contribution >= 0.6 is 0 Å². The van der Waals surface area contributed by atoms with E-state index in [1.807, 2.05) is 26.0 Å². The fraction of sp³-hybridized carbons (Fsp3) is 0.613. The number of nitrogens with two attached hydrogens (primary N) is 1. The summed E-state index contributed by atoms with van der Waals surface area (Å²) in [5.41, 5.74) is 4.60. The summed E-state index contributed by atoms with van der Waals surface area (Å²) in [6, 6.07) is 4.92. The quantitative estimate of drug-likeness (QED) is 0.337. The highest BCUT2D eigenvalue weighted by atomic mass is 16.7. The van der Waals surface area contributed by atoms with Crippen molar-refractivity contribution in [3.63, 3.8) is 0 Å². The molecule has 210 valence electrons. The number of Topliss-reactive ketones (excluding diaryl/α,β-unsaturated/α-hetero) is 1. The molecule has 4 aliphatic carbocycles. The Bertz CT molecular complexity index is 1330. The Morgan fingerprint density at radius 2 is 1.92 bits per heavy atom. The number of anilines is 1. The van der Waals surface area contributed by atoms with Crippen LogP contribution in [0.3, 0.4) is 0 Å². The average molecular weight is 538 g/mol. The van der Waals surface area contributed by atoms with Crippen LogP contribution in [0.1, 0.15) is 58.3 Å². The number of carbonyl (C=O) groups excluding carboxylic acids is 2. The Morgan fingerprint density at radius 1 is 1.21 bits per heavy atom. The average Bonchev–Trinajstić information content (AvgIpc) is 3.36. The Labute approximate surface area is 229 Å². The molecule has 8 heteroatoms. The summed E-state index contributed by atoms with van der Waals surface area (Å²) in [5.74, 6) is -1.60. The van der Waals surface area contributed by atoms with Gasteiger partial charge in [0.25, 0.3) is 0 Å². The number of ether oxygens (including phenoxy) is 4. The van der Waals surface area contributed by atoms with E-state index in [1.54, 1.807) is 32.0 Å². The maximum atomic E-state index is 14.8. The second kappa shape index (κ2) is 8.18. The largest absolute Gasteiger partial charge is 0.496 e. The topological polar surface area (TPSA) is 117 Å². The molecule has 5 aliphatic rings. The van der Waals surface area contributed by atoms with Crippen LogP contribution in [-0.4, -0.2) is 54.2 Å². The van der Waals surface area contributed by atoms with Crippen LogP contribution in [0.15, 0.2) is 41.5 Å². The normalized spacial score (nSPS) is 41.1. The number of ketones is 1. The molecule has 2 bridgehead atoms. The molecule has 8 nitrogen and oxygen atoms in total. The molecule has 0 aromatic heterocycles. The number of aliphatic hydroxyl groups is 1. The molecule has 1 aromatic rings. The van der Waals surface area contributed by atoms with Gasteiger partial charge in [-0.25, -0.2) is 4.79 Å². The van der Waals surface area contributed by atoms with Gasteiger partial charge in [-0.1, -0.05) is 39.0 Å². The Hall–Kier alpha value is -2.68. The maximum Gasteiger partial charge on any atom is 0.344 e. The lowest BCUT2D eigenvalue weighted by Crippen LogP contribution is -2.68. The third-order valence-electron chi connectivity index (χ3n) is 10.4. The van der Waals surface area contributed by atoms with Gasteiger partial charge in [-0.15, -0.1) is 0 Å². The molecule has 6 rings (SSSR count). The molecule has 1 aliphatic heterocycles. The standard InChI is InChI=1S/C31H39NO7/c1-15-13-30-16(2)11-19-23(28(19,3)4)18(24(30)33)12-17-14-37-29(5,6)39-26(17)31(30,35)25(15)38-27(34)22-20(32)9-8-10-21(22)36-7/h8-10,12-13,16,18-19,23,25-26,35H,11,14,32H2,1-7H3. The van der Waals surface area contributed by atoms with E-state index in [1.165, 1.54) is 7.11 Å². The molecule has 8 unspecified atom stereocenters. The van der Waals surface area contributed by atoms with Crippen molar-refractivity contribution in [2.24, 2.45) is 34.5 Å². The predicted molar refractivity (Wildman–Crippen MR) is 144 cm³/mol. The molecule has 2 saturated carbocycles. The van der Waals surface area contributed by atoms with E-state index in [-0.39, 0.29) is 46.6 Å². The van der Waals surface area contributed by atoms with Crippen LogP contribution in [0.25, 0.3) is 0 Å². The summed E-state index contributed by atoms with van der Waals surface area (Å²) in [5, 5.41) is 13.1. The van der Waals surface area contributed by atoms with E-state index in [9.17, 15) is 14.7 Å². The van der Waals surface area contributed by atoms with Crippen molar-refractivity contribution < 1.29 is 33.6 Å². The lowest BCUT2D eigenvalue weighted by Gasteiger charge is -2.52. The van der Waals surface area contributed by atoms with Gasteiger partial charge in [0.05, 0.1) is 19.1 Å². The SMILES string of the molecule is COc1cccc(N)c1C(=O)OC1C(C)=CC23C(=O)C(C=C4COC(C)(C)OC4C12O)C1C(CC3C)C1(C)C. The van der Waals surface area contributed by atoms with Gasteiger partial charge in [-0.3, -0.25) is 4.79 Å². The third kappa shape index (κ3) is 3.34. The van der Waals surface area contributed by atoms with Gasteiger partial charge in [0.2, 0.25) is 0 Å². The second-order valence-corrected chi connectivity index (χ2v) is 13.2. The summed E-state index contributed by atoms with van der Waals surface area (Å²) in [7, 11) is 1.45. The van der Waals surface area contributed by atoms with Crippen molar-refractivity contribution in [1.82, 2.24) is 0 Å². The first-order valence-corrected chi connectivity index (χ1v) is 13.8. The number of benzene rings is 1. The summed E-state index contributed by atoms with van der Waals surface area (Å²) in [4.78, 5) is 28.5. The van der Waals surface area contributed by atoms with E-state index in [2.05, 4.69) is 13.8 Å². The summed E-state index contributed by atoms with van der Waals surface area (Å²) in [6.07, 6.45) is 2.57. The molecule has 1 heterocycles. The van der Waals surface area contributed by atoms with Crippen LogP contribution in [-0.2, 0) is 19.0 Å². The van der Waals surface area contributed by atoms with E-state index in [4.69, 9.17) is 24.7 Å². The smallest absolute Gasteiger partial charge is 0.344 e. The number of esters is 1. The third-order valence-corrected chi connectivity index (χ3v) is 10.4. The summed E-state index contributed by atoms with van der Waals surface area (Å²) >= 11 is 0. The molecular weight excluding hydrogens is 498 g/mol. The number of hydrogen-bond donors (Lipinski definition) is 2. The Morgan fingerprint density at radius 3 is 2.62 bits per heavy atom. The molecule has 1 aromatic carbocycles. The van der Waals surface area contributed by atoms with Crippen molar-refractivity contribution in [1.29, 1.82) is 0 Å². The molecule has 1 spiro atoms. The zero-order chi connectivity index (χ0) is 28.3. The molecule has 8 atom stereocenters. The zero-order valence-electron chi connectivity index (χ0n) is 23.7. The van der Waals surface area contributed by atoms with Crippen molar-refractivity contribution >= 4 is 17.4 Å². The van der Waals surface area contributed by atoms with Gasteiger partial charge in [0.1, 0.15) is 17.4 Å². The number of hydrogen-bond acceptors (Lipinski definition) is 8. The van der Waals surface area contributed by atoms with Gasteiger partial charge in [0.15, 0.2) is 23.3 Å². The van der Waals surface area contributed by atoms with E-state index < -0.39 is 40.9 Å². The number of carbonyl (C=O) groups is 2. The molecule has 39 heavy (non-hydrogen) atoms. The minimum atomic E-state index is -1.89.